The zero-order valence-corrected chi connectivity index (χ0v) is 12.6. The highest BCUT2D eigenvalue weighted by Crippen LogP contribution is 2.21. The van der Waals surface area contributed by atoms with Crippen LogP contribution in [0.4, 0.5) is 0 Å². The van der Waals surface area contributed by atoms with Crippen molar-refractivity contribution >= 4 is 22.6 Å². The fourth-order valence-corrected chi connectivity index (χ4v) is 2.67. The topological polar surface area (TPSA) is 46.5 Å². The molecule has 4 nitrogen and oxygen atoms in total. The maximum Gasteiger partial charge on any atom is 0.124 e. The average Bonchev–Trinajstić information content (AvgIpc) is 2.82. The number of rotatable bonds is 4. The van der Waals surface area contributed by atoms with Crippen LogP contribution in [0.2, 0.25) is 0 Å². The Balaban J connectivity index is 2.55. The maximum atomic E-state index is 4.55. The summed E-state index contributed by atoms with van der Waals surface area (Å²) in [5, 5.41) is 12.1. The van der Waals surface area contributed by atoms with Crippen molar-refractivity contribution < 1.29 is 0 Å². The minimum Gasteiger partial charge on any atom is -0.280 e. The van der Waals surface area contributed by atoms with Crippen molar-refractivity contribution in [2.24, 2.45) is 0 Å². The number of hydrogen-bond acceptors (Lipinski definition) is 2. The van der Waals surface area contributed by atoms with Gasteiger partial charge in [0.2, 0.25) is 0 Å². The molecule has 1 N–H and O–H groups in total. The lowest BCUT2D eigenvalue weighted by Crippen LogP contribution is -2.04. The molecule has 0 atom stereocenters. The predicted molar refractivity (Wildman–Crippen MR) is 76.5 cm³/mol. The molecule has 2 aromatic heterocycles. The third kappa shape index (κ3) is 2.38. The van der Waals surface area contributed by atoms with Gasteiger partial charge in [-0.25, -0.2) is 4.68 Å². The minimum absolute atomic E-state index is 0.922. The number of halogens is 1. The molecule has 0 fully saturated rings. The van der Waals surface area contributed by atoms with Crippen LogP contribution in [0.1, 0.15) is 37.4 Å². The van der Waals surface area contributed by atoms with Crippen molar-refractivity contribution in [3.8, 4) is 5.69 Å². The molecule has 0 amide bonds. The Morgan fingerprint density at radius 2 is 2.18 bits per heavy atom. The number of hydrogen-bond donors (Lipinski definition) is 1. The molecule has 0 aliphatic heterocycles. The van der Waals surface area contributed by atoms with Crippen LogP contribution in [0.25, 0.3) is 5.69 Å². The Morgan fingerprint density at radius 1 is 1.41 bits per heavy atom. The van der Waals surface area contributed by atoms with Gasteiger partial charge in [0.05, 0.1) is 11.4 Å². The lowest BCUT2D eigenvalue weighted by Gasteiger charge is -2.06. The van der Waals surface area contributed by atoms with Crippen molar-refractivity contribution in [1.29, 1.82) is 0 Å². The standard InChI is InChI=1S/C12H17IN4/c1-4-6-10-12(9(5-2)14-15-10)17-8(3)7-11(13)16-17/h7H,4-6H2,1-3H3,(H,14,15). The van der Waals surface area contributed by atoms with Crippen molar-refractivity contribution in [2.45, 2.75) is 40.0 Å². The van der Waals surface area contributed by atoms with Crippen LogP contribution in [-0.2, 0) is 12.8 Å². The second kappa shape index (κ2) is 5.20. The van der Waals surface area contributed by atoms with Crippen LogP contribution < -0.4 is 0 Å². The van der Waals surface area contributed by atoms with E-state index in [1.807, 2.05) is 4.68 Å². The highest BCUT2D eigenvalue weighted by atomic mass is 127. The molecule has 2 heterocycles. The number of aromatic nitrogens is 4. The van der Waals surface area contributed by atoms with E-state index >= 15 is 0 Å². The Morgan fingerprint density at radius 3 is 2.71 bits per heavy atom. The van der Waals surface area contributed by atoms with Gasteiger partial charge in [0, 0.05) is 5.69 Å². The summed E-state index contributed by atoms with van der Waals surface area (Å²) in [4.78, 5) is 0. The van der Waals surface area contributed by atoms with Gasteiger partial charge in [-0.15, -0.1) is 0 Å². The molecule has 0 saturated heterocycles. The van der Waals surface area contributed by atoms with Crippen LogP contribution in [0.3, 0.4) is 0 Å². The molecule has 0 radical (unpaired) electrons. The third-order valence-corrected chi connectivity index (χ3v) is 3.32. The molecule has 0 spiro atoms. The van der Waals surface area contributed by atoms with Crippen LogP contribution in [0.5, 0.6) is 0 Å². The summed E-state index contributed by atoms with van der Waals surface area (Å²) < 4.78 is 3.03. The summed E-state index contributed by atoms with van der Waals surface area (Å²) in [6, 6.07) is 2.09. The number of aryl methyl sites for hydroxylation is 3. The van der Waals surface area contributed by atoms with E-state index < -0.39 is 0 Å². The molecule has 17 heavy (non-hydrogen) atoms. The van der Waals surface area contributed by atoms with Crippen molar-refractivity contribution in [3.05, 3.63) is 26.8 Å². The van der Waals surface area contributed by atoms with Gasteiger partial charge >= 0.3 is 0 Å². The van der Waals surface area contributed by atoms with Crippen molar-refractivity contribution in [2.75, 3.05) is 0 Å². The highest BCUT2D eigenvalue weighted by Gasteiger charge is 2.16. The summed E-state index contributed by atoms with van der Waals surface area (Å²) in [6.07, 6.45) is 3.04. The number of H-pyrrole nitrogens is 1. The summed E-state index contributed by atoms with van der Waals surface area (Å²) in [7, 11) is 0. The fraction of sp³-hybridized carbons (Fsp3) is 0.500. The van der Waals surface area contributed by atoms with Crippen LogP contribution in [0, 0.1) is 10.6 Å². The van der Waals surface area contributed by atoms with Gasteiger partial charge < -0.3 is 0 Å². The predicted octanol–water partition coefficient (Wildman–Crippen LogP) is 3.02. The molecule has 0 aromatic carbocycles. The van der Waals surface area contributed by atoms with E-state index in [1.54, 1.807) is 0 Å². The second-order valence-corrected chi connectivity index (χ2v) is 5.23. The molecule has 5 heteroatoms. The summed E-state index contributed by atoms with van der Waals surface area (Å²) >= 11 is 2.25. The van der Waals surface area contributed by atoms with E-state index in [9.17, 15) is 0 Å². The Kier molecular flexibility index (Phi) is 3.86. The van der Waals surface area contributed by atoms with Crippen molar-refractivity contribution in [1.82, 2.24) is 20.0 Å². The van der Waals surface area contributed by atoms with Gasteiger partial charge in [-0.3, -0.25) is 5.10 Å². The Bertz CT molecular complexity index is 513. The first-order valence-electron chi connectivity index (χ1n) is 5.96. The van der Waals surface area contributed by atoms with Gasteiger partial charge in [0.25, 0.3) is 0 Å². The van der Waals surface area contributed by atoms with E-state index in [1.165, 1.54) is 5.69 Å². The van der Waals surface area contributed by atoms with E-state index in [0.717, 1.165) is 40.0 Å². The first-order valence-corrected chi connectivity index (χ1v) is 7.03. The molecule has 0 unspecified atom stereocenters. The fourth-order valence-electron chi connectivity index (χ4n) is 2.00. The molecule has 0 aliphatic carbocycles. The number of nitrogens with one attached hydrogen (secondary N) is 1. The molecule has 0 bridgehead atoms. The second-order valence-electron chi connectivity index (χ2n) is 4.12. The summed E-state index contributed by atoms with van der Waals surface area (Å²) in [6.45, 7) is 6.38. The first kappa shape index (κ1) is 12.6. The molecule has 2 rings (SSSR count). The largest absolute Gasteiger partial charge is 0.280 e. The zero-order valence-electron chi connectivity index (χ0n) is 10.4. The number of aromatic amines is 1. The molecule has 92 valence electrons. The third-order valence-electron chi connectivity index (χ3n) is 2.79. The smallest absolute Gasteiger partial charge is 0.124 e. The highest BCUT2D eigenvalue weighted by molar-refractivity contribution is 14.1. The minimum atomic E-state index is 0.922. The van der Waals surface area contributed by atoms with Crippen molar-refractivity contribution in [3.63, 3.8) is 0 Å². The maximum absolute atomic E-state index is 4.55. The Hall–Kier alpha value is -0.850. The first-order chi connectivity index (χ1) is 8.17. The monoisotopic (exact) mass is 344 g/mol. The number of nitrogens with zero attached hydrogens (tertiary/aromatic N) is 3. The van der Waals surface area contributed by atoms with Gasteiger partial charge in [-0.2, -0.15) is 10.2 Å². The van der Waals surface area contributed by atoms with E-state index in [2.05, 4.69) is 64.7 Å². The van der Waals surface area contributed by atoms with E-state index in [4.69, 9.17) is 0 Å². The lowest BCUT2D eigenvalue weighted by atomic mass is 10.2. The molecule has 2 aromatic rings. The van der Waals surface area contributed by atoms with Crippen LogP contribution in [0.15, 0.2) is 6.07 Å². The van der Waals surface area contributed by atoms with Gasteiger partial charge in [0.1, 0.15) is 9.39 Å². The molecule has 0 saturated carbocycles. The Labute approximate surface area is 115 Å². The molecular formula is C12H17IN4. The summed E-state index contributed by atoms with van der Waals surface area (Å²) in [5.74, 6) is 0. The quantitative estimate of drug-likeness (QED) is 0.867. The van der Waals surface area contributed by atoms with Crippen LogP contribution in [-0.4, -0.2) is 20.0 Å². The van der Waals surface area contributed by atoms with Gasteiger partial charge in [-0.05, 0) is 48.4 Å². The van der Waals surface area contributed by atoms with E-state index in [0.29, 0.717) is 0 Å². The van der Waals surface area contributed by atoms with Crippen LogP contribution >= 0.6 is 22.6 Å². The lowest BCUT2D eigenvalue weighted by molar-refractivity contribution is 0.797. The normalized spacial score (nSPS) is 11.1. The van der Waals surface area contributed by atoms with Gasteiger partial charge in [-0.1, -0.05) is 20.3 Å². The van der Waals surface area contributed by atoms with Gasteiger partial charge in [0.15, 0.2) is 0 Å². The summed E-state index contributed by atoms with van der Waals surface area (Å²) in [5.41, 5.74) is 4.58. The SMILES string of the molecule is CCCc1[nH]nc(CC)c1-n1nc(I)cc1C. The zero-order chi connectivity index (χ0) is 12.4. The van der Waals surface area contributed by atoms with E-state index in [-0.39, 0.29) is 0 Å². The molecule has 0 aliphatic rings. The molecular weight excluding hydrogens is 327 g/mol. The average molecular weight is 344 g/mol.